The van der Waals surface area contributed by atoms with E-state index in [2.05, 4.69) is 41.3 Å². The highest BCUT2D eigenvalue weighted by molar-refractivity contribution is 8.13. The third-order valence-corrected chi connectivity index (χ3v) is 17.5. The number of nitrogens with one attached hydrogen (secondary N) is 2. The second-order valence-corrected chi connectivity index (χ2v) is 25.8. The number of rotatable bonds is 31. The lowest BCUT2D eigenvalue weighted by Crippen LogP contribution is -2.46. The summed E-state index contributed by atoms with van der Waals surface area (Å²) >= 11 is 1.03. The lowest BCUT2D eigenvalue weighted by atomic mass is 9.87. The van der Waals surface area contributed by atoms with Gasteiger partial charge in [0.25, 0.3) is 0 Å². The van der Waals surface area contributed by atoms with Gasteiger partial charge >= 0.3 is 23.5 Å². The predicted molar refractivity (Wildman–Crippen MR) is 312 cm³/mol. The number of aromatic nitrogens is 5. The number of aliphatic hydroxyl groups is 2. The van der Waals surface area contributed by atoms with Gasteiger partial charge in [-0.25, -0.2) is 28.6 Å². The summed E-state index contributed by atoms with van der Waals surface area (Å²) < 4.78 is 76.9. The molecule has 32 heteroatoms. The molecule has 4 aromatic carbocycles. The van der Waals surface area contributed by atoms with E-state index < -0.39 is 84.6 Å². The van der Waals surface area contributed by atoms with Gasteiger partial charge in [0.05, 0.1) is 39.3 Å². The van der Waals surface area contributed by atoms with Crippen molar-refractivity contribution in [1.29, 1.82) is 0 Å². The van der Waals surface area contributed by atoms with Gasteiger partial charge in [0.2, 0.25) is 16.9 Å². The van der Waals surface area contributed by atoms with Crippen molar-refractivity contribution in [3.63, 3.8) is 0 Å². The van der Waals surface area contributed by atoms with Gasteiger partial charge in [-0.2, -0.15) is 4.31 Å². The van der Waals surface area contributed by atoms with Crippen LogP contribution in [0.5, 0.6) is 11.5 Å². The molecule has 7 aromatic rings. The molecule has 0 radical (unpaired) electrons. The molecule has 0 spiro atoms. The van der Waals surface area contributed by atoms with Gasteiger partial charge in [0.15, 0.2) is 23.5 Å². The van der Waals surface area contributed by atoms with Crippen LogP contribution in [0.2, 0.25) is 0 Å². The van der Waals surface area contributed by atoms with E-state index in [1.54, 1.807) is 6.20 Å². The summed E-state index contributed by atoms with van der Waals surface area (Å²) in [6.45, 7) is 3.36. The van der Waals surface area contributed by atoms with Crippen LogP contribution in [-0.2, 0) is 63.7 Å². The van der Waals surface area contributed by atoms with E-state index in [0.29, 0.717) is 36.5 Å². The molecule has 8 rings (SSSR count). The highest BCUT2D eigenvalue weighted by Gasteiger charge is 2.50. The number of carbonyl (C=O) groups is 4. The number of nitrogen functional groups attached to an aromatic ring is 1. The number of ketones is 1. The van der Waals surface area contributed by atoms with Crippen molar-refractivity contribution in [2.75, 3.05) is 51.0 Å². The summed E-state index contributed by atoms with van der Waals surface area (Å²) in [4.78, 5) is 103. The fourth-order valence-electron chi connectivity index (χ4n) is 9.23. The van der Waals surface area contributed by atoms with Gasteiger partial charge in [0.1, 0.15) is 47.8 Å². The molecular weight excluding hydrogens is 1210 g/mol. The van der Waals surface area contributed by atoms with Crippen LogP contribution in [0.15, 0.2) is 104 Å². The number of nitrogens with zero attached hydrogens (tertiary/aromatic N) is 5. The van der Waals surface area contributed by atoms with E-state index >= 15 is 0 Å². The van der Waals surface area contributed by atoms with Gasteiger partial charge in [-0.05, 0) is 53.6 Å². The number of hydrogen-bond donors (Lipinski definition) is 9. The normalized spacial score (nSPS) is 18.2. The van der Waals surface area contributed by atoms with Crippen LogP contribution in [-0.4, -0.2) is 146 Å². The van der Waals surface area contributed by atoms with Crippen LogP contribution in [0.1, 0.15) is 67.7 Å². The van der Waals surface area contributed by atoms with Crippen LogP contribution < -0.4 is 25.8 Å². The average molecular weight is 1270 g/mol. The number of carbonyl (C=O) groups excluding carboxylic acids is 4. The van der Waals surface area contributed by atoms with E-state index in [9.17, 15) is 62.7 Å². The summed E-state index contributed by atoms with van der Waals surface area (Å²) in [7, 11) is -16.5. The predicted octanol–water partition coefficient (Wildman–Crippen LogP) is 5.50. The largest absolute Gasteiger partial charge is 0.493 e. The van der Waals surface area contributed by atoms with Gasteiger partial charge in [-0.1, -0.05) is 87.5 Å². The number of imidazole rings is 1. The number of aliphatic hydroxyl groups excluding tert-OH is 2. The lowest BCUT2D eigenvalue weighted by Gasteiger charge is -2.30. The molecule has 4 heterocycles. The molecule has 462 valence electrons. The Kier molecular flexibility index (Phi) is 21.7. The molecule has 0 aliphatic carbocycles. The Bertz CT molecular complexity index is 3720. The first-order valence-corrected chi connectivity index (χ1v) is 32.4. The molecule has 0 bridgehead atoms. The van der Waals surface area contributed by atoms with Crippen LogP contribution in [0.3, 0.4) is 0 Å². The van der Waals surface area contributed by atoms with Gasteiger partial charge in [-0.3, -0.25) is 37.3 Å². The number of ether oxygens (including phenoxy) is 3. The molecule has 28 nitrogen and oxygen atoms in total. The topological polar surface area (TPSA) is 404 Å². The van der Waals surface area contributed by atoms with Crippen molar-refractivity contribution in [2.24, 2.45) is 5.41 Å². The monoisotopic (exact) mass is 1270 g/mol. The zero-order chi connectivity index (χ0) is 62.0. The Morgan fingerprint density at radius 1 is 0.860 bits per heavy atom. The molecule has 1 aliphatic heterocycles. The van der Waals surface area contributed by atoms with Gasteiger partial charge in [0, 0.05) is 70.9 Å². The summed E-state index contributed by atoms with van der Waals surface area (Å²) in [6, 6.07) is 26.5. The maximum atomic E-state index is 13.1. The molecule has 7 atom stereocenters. The number of benzene rings is 4. The third-order valence-electron chi connectivity index (χ3n) is 13.5. The smallest absolute Gasteiger partial charge is 0.481 e. The maximum Gasteiger partial charge on any atom is 0.481 e. The van der Waals surface area contributed by atoms with E-state index in [4.69, 9.17) is 29.0 Å². The number of fused-ring (bicyclic) bond motifs is 3. The first kappa shape index (κ1) is 65.5. The maximum absolute atomic E-state index is 13.1. The summed E-state index contributed by atoms with van der Waals surface area (Å²) in [6.07, 6.45) is -2.90. The lowest BCUT2D eigenvalue weighted by molar-refractivity contribution is -0.137. The highest BCUT2D eigenvalue weighted by Crippen LogP contribution is 2.61. The van der Waals surface area contributed by atoms with Crippen molar-refractivity contribution in [2.45, 2.75) is 83.6 Å². The molecule has 1 fully saturated rings. The summed E-state index contributed by atoms with van der Waals surface area (Å²) in [5, 5.41) is 29.5. The Hall–Kier alpha value is -6.49. The van der Waals surface area contributed by atoms with Crippen molar-refractivity contribution in [3.05, 3.63) is 120 Å². The van der Waals surface area contributed by atoms with Crippen molar-refractivity contribution in [1.82, 2.24) is 34.7 Å². The standard InChI is InChI=1S/C54H65N8O20P3S/c1-4-9-39-38-15-12-36(46(65)33-10-6-5-7-11-33)26-34(38)13-17-41(39)77-24-8-23-76-37-14-16-40-35(27-37)19-22-61(40)28-44(64)86-25-21-56-43(63)18-20-57-52(68)49(67)54(2,3)30-79-85(74,75)82-84(72,73)78-29-42-48(81-83(69,70)71)47(66)53(80-42)62-32-60-45-50(55)58-31-59-51(45)62/h5-7,10-17,19,22,26-27,31-32,42,47-49,53,66-67H,4,8-9,18,20-21,23-25,28-30H2,1-3H3,(H,56,63)(H,57,68)(H,72,73)(H,74,75)(H2,55,58,59)(H2,69,70,71). The second kappa shape index (κ2) is 28.6. The fraction of sp³-hybridized carbons (Fsp3) is 0.389. The van der Waals surface area contributed by atoms with E-state index in [0.717, 1.165) is 74.8 Å². The third kappa shape index (κ3) is 17.2. The Balaban J connectivity index is 0.700. The number of thioether (sulfide) groups is 1. The molecule has 10 N–H and O–H groups in total. The highest BCUT2D eigenvalue weighted by atomic mass is 32.2. The fourth-order valence-corrected chi connectivity index (χ4v) is 12.7. The van der Waals surface area contributed by atoms with Crippen LogP contribution in [0.4, 0.5) is 5.82 Å². The Morgan fingerprint density at radius 3 is 2.37 bits per heavy atom. The molecule has 86 heavy (non-hydrogen) atoms. The zero-order valence-electron chi connectivity index (χ0n) is 46.6. The molecule has 0 saturated carbocycles. The molecular formula is C54H65N8O20P3S. The second-order valence-electron chi connectivity index (χ2n) is 20.4. The SMILES string of the molecule is CCCc1c(OCCCOc2ccc3c(ccn3CC(=O)SCCNC(=O)CCNC(=O)C(O)C(C)(C)COP(=O)(O)OP(=O)(O)OCC3OC(n4cnc5c(N)ncnc54)C(O)C3OP(=O)(O)O)c2)ccc2cc(C(=O)c3ccccc3)ccc12. The number of hydrogen-bond acceptors (Lipinski definition) is 21. The van der Waals surface area contributed by atoms with Crippen molar-refractivity contribution in [3.8, 4) is 11.5 Å². The van der Waals surface area contributed by atoms with Gasteiger partial charge in [-0.15, -0.1) is 0 Å². The van der Waals surface area contributed by atoms with E-state index in [1.807, 2.05) is 89.5 Å². The summed E-state index contributed by atoms with van der Waals surface area (Å²) in [5.74, 6) is 0.181. The number of amides is 2. The number of anilines is 1. The van der Waals surface area contributed by atoms with Crippen LogP contribution in [0, 0.1) is 5.41 Å². The minimum absolute atomic E-state index is 0.0214. The van der Waals surface area contributed by atoms with Crippen LogP contribution in [0.25, 0.3) is 32.8 Å². The van der Waals surface area contributed by atoms with Crippen molar-refractivity contribution < 1.29 is 94.8 Å². The Morgan fingerprint density at radius 2 is 1.62 bits per heavy atom. The van der Waals surface area contributed by atoms with Crippen LogP contribution >= 0.6 is 35.2 Å². The molecule has 3 aromatic heterocycles. The summed E-state index contributed by atoms with van der Waals surface area (Å²) in [5.41, 5.74) is 7.44. The Labute approximate surface area is 496 Å². The van der Waals surface area contributed by atoms with E-state index in [-0.39, 0.29) is 59.7 Å². The van der Waals surface area contributed by atoms with E-state index in [1.165, 1.54) is 13.8 Å². The minimum Gasteiger partial charge on any atom is -0.493 e. The zero-order valence-corrected chi connectivity index (χ0v) is 50.1. The number of phosphoric ester groups is 3. The first-order valence-electron chi connectivity index (χ1n) is 26.9. The molecule has 2 amide bonds. The molecule has 1 aliphatic rings. The molecule has 7 unspecified atom stereocenters. The number of phosphoric acid groups is 3. The number of aryl methyl sites for hydroxylation is 1. The first-order chi connectivity index (χ1) is 40.8. The quantitative estimate of drug-likeness (QED) is 0.0147. The minimum atomic E-state index is -5.61. The average Bonchev–Trinajstić information content (AvgIpc) is 1.67. The number of nitrogens with two attached hydrogens (primary N) is 1. The molecule has 1 saturated heterocycles. The van der Waals surface area contributed by atoms with Gasteiger partial charge < -0.3 is 64.9 Å². The van der Waals surface area contributed by atoms with Crippen molar-refractivity contribution >= 4 is 96.6 Å².